The van der Waals surface area contributed by atoms with E-state index in [1.807, 2.05) is 0 Å². The molecule has 1 heterocycles. The van der Waals surface area contributed by atoms with Crippen molar-refractivity contribution in [2.45, 2.75) is 27.7 Å². The molecule has 3 rings (SSSR count). The molecule has 1 aliphatic rings. The maximum absolute atomic E-state index is 12.7. The highest BCUT2D eigenvalue weighted by Gasteiger charge is 2.33. The van der Waals surface area contributed by atoms with Crippen LogP contribution < -0.4 is 14.2 Å². The molecular weight excluding hydrogens is 367 g/mol. The number of halogens is 2. The minimum absolute atomic E-state index is 0.0896. The Morgan fingerprint density at radius 1 is 0.840 bits per heavy atom. The number of hydrogen-bond donors (Lipinski definition) is 1. The smallest absolute Gasteiger partial charge is 0.347 e. The highest BCUT2D eigenvalue weighted by molar-refractivity contribution is 6.34. The lowest BCUT2D eigenvalue weighted by atomic mass is 10.0. The Balaban J connectivity index is 2.38. The Bertz CT molecular complexity index is 935. The van der Waals surface area contributed by atoms with E-state index in [1.54, 1.807) is 27.7 Å². The number of carbonyl (C=O) groups is 1. The zero-order chi connectivity index (χ0) is 18.6. The Hall–Kier alpha value is -2.11. The number of rotatable bonds is 1. The lowest BCUT2D eigenvalue weighted by Crippen LogP contribution is -2.11. The van der Waals surface area contributed by atoms with Crippen molar-refractivity contribution in [3.05, 3.63) is 37.9 Å². The molecule has 0 saturated heterocycles. The van der Waals surface area contributed by atoms with Crippen molar-refractivity contribution in [1.82, 2.24) is 0 Å². The van der Waals surface area contributed by atoms with Gasteiger partial charge in [0.1, 0.15) is 22.8 Å². The van der Waals surface area contributed by atoms with Crippen molar-refractivity contribution < 1.29 is 24.1 Å². The van der Waals surface area contributed by atoms with Gasteiger partial charge in [0.05, 0.1) is 17.2 Å². The van der Waals surface area contributed by atoms with Gasteiger partial charge in [-0.1, -0.05) is 23.2 Å². The van der Waals surface area contributed by atoms with Gasteiger partial charge in [-0.15, -0.1) is 0 Å². The Kier molecular flexibility index (Phi) is 4.25. The first-order chi connectivity index (χ1) is 11.7. The van der Waals surface area contributed by atoms with Crippen LogP contribution >= 0.6 is 23.2 Å². The SMILES string of the molecule is COc1c(C)c2c(c(C)c1Cl)Oc1c(C)c(O)c(Cl)c(C)c1C(=O)O2. The van der Waals surface area contributed by atoms with E-state index in [9.17, 15) is 9.90 Å². The number of esters is 1. The van der Waals surface area contributed by atoms with Crippen molar-refractivity contribution in [2.75, 3.05) is 7.11 Å². The van der Waals surface area contributed by atoms with Gasteiger partial charge in [-0.3, -0.25) is 0 Å². The molecule has 0 amide bonds. The number of phenolic OH excluding ortho intramolecular Hbond substituents is 1. The van der Waals surface area contributed by atoms with E-state index in [0.29, 0.717) is 38.8 Å². The van der Waals surface area contributed by atoms with Crippen LogP contribution in [0.4, 0.5) is 0 Å². The van der Waals surface area contributed by atoms with E-state index in [2.05, 4.69) is 0 Å². The third-order valence-corrected chi connectivity index (χ3v) is 5.32. The lowest BCUT2D eigenvalue weighted by molar-refractivity contribution is 0.0735. The molecule has 0 bridgehead atoms. The summed E-state index contributed by atoms with van der Waals surface area (Å²) in [6.07, 6.45) is 0. The quantitative estimate of drug-likeness (QED) is 0.537. The van der Waals surface area contributed by atoms with Crippen LogP contribution in [0.1, 0.15) is 32.6 Å². The molecule has 0 unspecified atom stereocenters. The predicted octanol–water partition coefficient (Wildman–Crippen LogP) is 5.27. The molecule has 7 heteroatoms. The van der Waals surface area contributed by atoms with Gasteiger partial charge in [0, 0.05) is 16.7 Å². The first kappa shape index (κ1) is 17.7. The molecule has 0 saturated carbocycles. The number of benzene rings is 2. The zero-order valence-electron chi connectivity index (χ0n) is 14.3. The molecule has 0 radical (unpaired) electrons. The van der Waals surface area contributed by atoms with Crippen LogP contribution in [0.5, 0.6) is 28.7 Å². The summed E-state index contributed by atoms with van der Waals surface area (Å²) in [4.78, 5) is 12.7. The second-order valence-electron chi connectivity index (χ2n) is 5.86. The molecule has 0 aromatic heterocycles. The summed E-state index contributed by atoms with van der Waals surface area (Å²) >= 11 is 12.5. The molecule has 5 nitrogen and oxygen atoms in total. The van der Waals surface area contributed by atoms with Gasteiger partial charge in [-0.25, -0.2) is 4.79 Å². The van der Waals surface area contributed by atoms with Crippen LogP contribution in [0, 0.1) is 27.7 Å². The van der Waals surface area contributed by atoms with Crippen molar-refractivity contribution in [2.24, 2.45) is 0 Å². The third-order valence-electron chi connectivity index (χ3n) is 4.40. The average Bonchev–Trinajstić information content (AvgIpc) is 2.73. The summed E-state index contributed by atoms with van der Waals surface area (Å²) in [6.45, 7) is 6.69. The van der Waals surface area contributed by atoms with Crippen LogP contribution in [-0.4, -0.2) is 18.2 Å². The fraction of sp³-hybridized carbons (Fsp3) is 0.278. The van der Waals surface area contributed by atoms with Crippen LogP contribution in [-0.2, 0) is 0 Å². The van der Waals surface area contributed by atoms with Crippen LogP contribution in [0.3, 0.4) is 0 Å². The van der Waals surface area contributed by atoms with E-state index in [4.69, 9.17) is 37.4 Å². The van der Waals surface area contributed by atoms with Crippen molar-refractivity contribution in [1.29, 1.82) is 0 Å². The number of hydrogen-bond acceptors (Lipinski definition) is 5. The molecular formula is C18H16Cl2O5. The normalized spacial score (nSPS) is 12.7. The van der Waals surface area contributed by atoms with E-state index in [-0.39, 0.29) is 27.8 Å². The largest absolute Gasteiger partial charge is 0.506 e. The first-order valence-corrected chi connectivity index (χ1v) is 8.24. The van der Waals surface area contributed by atoms with Gasteiger partial charge in [0.15, 0.2) is 11.5 Å². The number of phenols is 1. The number of carbonyl (C=O) groups excluding carboxylic acids is 1. The summed E-state index contributed by atoms with van der Waals surface area (Å²) in [5.74, 6) is 0.391. The highest BCUT2D eigenvalue weighted by atomic mass is 35.5. The van der Waals surface area contributed by atoms with Crippen LogP contribution in [0.2, 0.25) is 10.0 Å². The number of fused-ring (bicyclic) bond motifs is 2. The van der Waals surface area contributed by atoms with Crippen LogP contribution in [0.25, 0.3) is 0 Å². The molecule has 1 N–H and O–H groups in total. The molecule has 0 spiro atoms. The summed E-state index contributed by atoms with van der Waals surface area (Å²) in [5, 5.41) is 10.7. The van der Waals surface area contributed by atoms with Crippen molar-refractivity contribution in [3.63, 3.8) is 0 Å². The Morgan fingerprint density at radius 2 is 1.44 bits per heavy atom. The minimum atomic E-state index is -0.622. The second kappa shape index (κ2) is 6.00. The molecule has 0 aliphatic carbocycles. The summed E-state index contributed by atoms with van der Waals surface area (Å²) in [6, 6.07) is 0. The van der Waals surface area contributed by atoms with Gasteiger partial charge in [0.2, 0.25) is 0 Å². The van der Waals surface area contributed by atoms with Crippen molar-refractivity contribution >= 4 is 29.2 Å². The predicted molar refractivity (Wildman–Crippen MR) is 95.1 cm³/mol. The second-order valence-corrected chi connectivity index (χ2v) is 6.62. The molecule has 25 heavy (non-hydrogen) atoms. The molecule has 0 fully saturated rings. The van der Waals surface area contributed by atoms with Gasteiger partial charge < -0.3 is 19.3 Å². The first-order valence-electron chi connectivity index (χ1n) is 7.48. The minimum Gasteiger partial charge on any atom is -0.506 e. The van der Waals surface area contributed by atoms with E-state index < -0.39 is 5.97 Å². The van der Waals surface area contributed by atoms with E-state index in [0.717, 1.165) is 0 Å². The third kappa shape index (κ3) is 2.41. The Morgan fingerprint density at radius 3 is 2.04 bits per heavy atom. The number of ether oxygens (including phenoxy) is 3. The zero-order valence-corrected chi connectivity index (χ0v) is 15.8. The molecule has 0 atom stereocenters. The van der Waals surface area contributed by atoms with Crippen molar-refractivity contribution in [3.8, 4) is 28.7 Å². The summed E-state index contributed by atoms with van der Waals surface area (Å²) in [5.41, 5.74) is 2.00. The van der Waals surface area contributed by atoms with E-state index >= 15 is 0 Å². The van der Waals surface area contributed by atoms with Gasteiger partial charge >= 0.3 is 5.97 Å². The fourth-order valence-electron chi connectivity index (χ4n) is 2.90. The van der Waals surface area contributed by atoms with Gasteiger partial charge in [-0.2, -0.15) is 0 Å². The highest BCUT2D eigenvalue weighted by Crippen LogP contribution is 2.52. The maximum Gasteiger partial charge on any atom is 0.347 e. The van der Waals surface area contributed by atoms with Crippen LogP contribution in [0.15, 0.2) is 0 Å². The molecule has 2 aromatic carbocycles. The lowest BCUT2D eigenvalue weighted by Gasteiger charge is -2.18. The fourth-order valence-corrected chi connectivity index (χ4v) is 3.44. The molecule has 132 valence electrons. The number of methoxy groups -OCH3 is 1. The summed E-state index contributed by atoms with van der Waals surface area (Å²) < 4.78 is 16.9. The van der Waals surface area contributed by atoms with Gasteiger partial charge in [0.25, 0.3) is 0 Å². The van der Waals surface area contributed by atoms with E-state index in [1.165, 1.54) is 7.11 Å². The molecule has 1 aliphatic heterocycles. The summed E-state index contributed by atoms with van der Waals surface area (Å²) in [7, 11) is 1.49. The standard InChI is InChI=1S/C18H16Cl2O5/c1-6-10-14(8(3)13(21)11(6)19)24-16-7(2)12(20)15(23-5)9(4)17(16)25-18(10)22/h21H,1-5H3. The average molecular weight is 383 g/mol. The monoisotopic (exact) mass is 382 g/mol. The molecule has 2 aromatic rings. The topological polar surface area (TPSA) is 65.0 Å². The van der Waals surface area contributed by atoms with Gasteiger partial charge in [-0.05, 0) is 33.3 Å². The number of aromatic hydroxyl groups is 1. The maximum atomic E-state index is 12.7. The Labute approximate surface area is 155 Å².